The maximum absolute atomic E-state index is 11.3. The molecule has 0 bridgehead atoms. The molecule has 0 aliphatic carbocycles. The minimum Gasteiger partial charge on any atom is -0.369 e. The third-order valence-corrected chi connectivity index (χ3v) is 3.05. The molecule has 1 amide bonds. The predicted octanol–water partition coefficient (Wildman–Crippen LogP) is -0.240. The fourth-order valence-corrected chi connectivity index (χ4v) is 1.90. The van der Waals surface area contributed by atoms with Gasteiger partial charge in [-0.2, -0.15) is 4.98 Å². The van der Waals surface area contributed by atoms with Gasteiger partial charge in [0.15, 0.2) is 0 Å². The number of rotatable bonds is 2. The van der Waals surface area contributed by atoms with Crippen molar-refractivity contribution < 1.29 is 4.79 Å². The maximum Gasteiger partial charge on any atom is 0.225 e. The van der Waals surface area contributed by atoms with Gasteiger partial charge in [0.25, 0.3) is 0 Å². The number of nitrogens with two attached hydrogens (primary N) is 2. The number of nitrogens with zero attached hydrogens (tertiary/aromatic N) is 3. The van der Waals surface area contributed by atoms with Crippen LogP contribution in [0.3, 0.4) is 0 Å². The lowest BCUT2D eigenvalue weighted by Crippen LogP contribution is -2.37. The molecule has 16 heavy (non-hydrogen) atoms. The SMILES string of the molecule is CC1(C(N)=O)CCN(c2ccnc(N)n2)C1. The van der Waals surface area contributed by atoms with Gasteiger partial charge in [0.05, 0.1) is 5.41 Å². The molecule has 86 valence electrons. The average molecular weight is 221 g/mol. The van der Waals surface area contributed by atoms with E-state index in [0.29, 0.717) is 6.54 Å². The van der Waals surface area contributed by atoms with Crippen LogP contribution in [0.1, 0.15) is 13.3 Å². The van der Waals surface area contributed by atoms with E-state index in [4.69, 9.17) is 11.5 Å². The van der Waals surface area contributed by atoms with Crippen molar-refractivity contribution in [1.29, 1.82) is 0 Å². The first kappa shape index (κ1) is 10.7. The summed E-state index contributed by atoms with van der Waals surface area (Å²) in [7, 11) is 0. The highest BCUT2D eigenvalue weighted by Crippen LogP contribution is 2.31. The highest BCUT2D eigenvalue weighted by atomic mass is 16.1. The van der Waals surface area contributed by atoms with E-state index in [-0.39, 0.29) is 11.9 Å². The zero-order chi connectivity index (χ0) is 11.8. The van der Waals surface area contributed by atoms with Crippen molar-refractivity contribution in [2.24, 2.45) is 11.1 Å². The van der Waals surface area contributed by atoms with E-state index in [1.807, 2.05) is 11.8 Å². The molecule has 2 rings (SSSR count). The lowest BCUT2D eigenvalue weighted by molar-refractivity contribution is -0.125. The van der Waals surface area contributed by atoms with Gasteiger partial charge < -0.3 is 16.4 Å². The van der Waals surface area contributed by atoms with E-state index in [2.05, 4.69) is 9.97 Å². The topological polar surface area (TPSA) is 98.1 Å². The standard InChI is InChI=1S/C10H15N5O/c1-10(8(11)16)3-5-15(6-10)7-2-4-13-9(12)14-7/h2,4H,3,5-6H2,1H3,(H2,11,16)(H2,12,13,14). The number of carbonyl (C=O) groups is 1. The highest BCUT2D eigenvalue weighted by molar-refractivity contribution is 5.82. The van der Waals surface area contributed by atoms with Crippen LogP contribution in [0.25, 0.3) is 0 Å². The van der Waals surface area contributed by atoms with Crippen molar-refractivity contribution in [2.45, 2.75) is 13.3 Å². The molecule has 2 heterocycles. The first-order chi connectivity index (χ1) is 7.51. The average Bonchev–Trinajstić information content (AvgIpc) is 2.62. The van der Waals surface area contributed by atoms with E-state index in [9.17, 15) is 4.79 Å². The second kappa shape index (κ2) is 3.62. The Morgan fingerprint density at radius 2 is 2.38 bits per heavy atom. The summed E-state index contributed by atoms with van der Waals surface area (Å²) in [6, 6.07) is 1.78. The summed E-state index contributed by atoms with van der Waals surface area (Å²) < 4.78 is 0. The molecule has 4 N–H and O–H groups in total. The minimum absolute atomic E-state index is 0.241. The largest absolute Gasteiger partial charge is 0.369 e. The van der Waals surface area contributed by atoms with Gasteiger partial charge in [0, 0.05) is 19.3 Å². The van der Waals surface area contributed by atoms with Gasteiger partial charge in [0.1, 0.15) is 5.82 Å². The summed E-state index contributed by atoms with van der Waals surface area (Å²) in [4.78, 5) is 21.3. The first-order valence-corrected chi connectivity index (χ1v) is 5.15. The van der Waals surface area contributed by atoms with Crippen LogP contribution in [0.15, 0.2) is 12.3 Å². The van der Waals surface area contributed by atoms with Gasteiger partial charge in [-0.1, -0.05) is 0 Å². The van der Waals surface area contributed by atoms with Crippen LogP contribution < -0.4 is 16.4 Å². The number of aromatic nitrogens is 2. The number of amides is 1. The molecule has 1 aliphatic heterocycles. The summed E-state index contributed by atoms with van der Waals surface area (Å²) >= 11 is 0. The zero-order valence-electron chi connectivity index (χ0n) is 9.18. The Balaban J connectivity index is 2.18. The van der Waals surface area contributed by atoms with E-state index < -0.39 is 5.41 Å². The predicted molar refractivity (Wildman–Crippen MR) is 60.6 cm³/mol. The summed E-state index contributed by atoms with van der Waals surface area (Å²) in [6.07, 6.45) is 2.35. The van der Waals surface area contributed by atoms with Gasteiger partial charge in [-0.3, -0.25) is 4.79 Å². The van der Waals surface area contributed by atoms with E-state index in [1.165, 1.54) is 0 Å². The second-order valence-electron chi connectivity index (χ2n) is 4.37. The molecule has 0 radical (unpaired) electrons. The third kappa shape index (κ3) is 1.78. The van der Waals surface area contributed by atoms with Crippen LogP contribution >= 0.6 is 0 Å². The molecule has 1 aromatic rings. The van der Waals surface area contributed by atoms with Crippen molar-refractivity contribution in [2.75, 3.05) is 23.7 Å². The van der Waals surface area contributed by atoms with Crippen molar-refractivity contribution in [3.8, 4) is 0 Å². The Kier molecular flexibility index (Phi) is 2.41. The molecule has 0 spiro atoms. The molecule has 6 nitrogen and oxygen atoms in total. The molecule has 1 aliphatic rings. The van der Waals surface area contributed by atoms with Crippen molar-refractivity contribution >= 4 is 17.7 Å². The van der Waals surface area contributed by atoms with Crippen LogP contribution in [0, 0.1) is 5.41 Å². The normalized spacial score (nSPS) is 24.7. The summed E-state index contributed by atoms with van der Waals surface area (Å²) in [5.41, 5.74) is 10.4. The number of anilines is 2. The van der Waals surface area contributed by atoms with Crippen LogP contribution in [-0.4, -0.2) is 29.0 Å². The lowest BCUT2D eigenvalue weighted by atomic mass is 9.89. The number of carbonyl (C=O) groups excluding carboxylic acids is 1. The Morgan fingerprint density at radius 1 is 1.62 bits per heavy atom. The molecule has 6 heteroatoms. The Labute approximate surface area is 93.7 Å². The number of hydrogen-bond acceptors (Lipinski definition) is 5. The van der Waals surface area contributed by atoms with E-state index in [0.717, 1.165) is 18.8 Å². The van der Waals surface area contributed by atoms with Crippen molar-refractivity contribution in [1.82, 2.24) is 9.97 Å². The molecule has 1 saturated heterocycles. The number of hydrogen-bond donors (Lipinski definition) is 2. The summed E-state index contributed by atoms with van der Waals surface area (Å²) in [6.45, 7) is 3.22. The Bertz CT molecular complexity index is 421. The van der Waals surface area contributed by atoms with Gasteiger partial charge in [-0.05, 0) is 19.4 Å². The number of nitrogen functional groups attached to an aromatic ring is 1. The van der Waals surface area contributed by atoms with E-state index in [1.54, 1.807) is 12.3 Å². The summed E-state index contributed by atoms with van der Waals surface area (Å²) in [5, 5.41) is 0. The molecule has 0 saturated carbocycles. The van der Waals surface area contributed by atoms with Gasteiger partial charge in [0.2, 0.25) is 11.9 Å². The van der Waals surface area contributed by atoms with E-state index >= 15 is 0 Å². The van der Waals surface area contributed by atoms with Gasteiger partial charge in [-0.15, -0.1) is 0 Å². The molecule has 1 fully saturated rings. The maximum atomic E-state index is 11.3. The molecular weight excluding hydrogens is 206 g/mol. The smallest absolute Gasteiger partial charge is 0.225 e. The van der Waals surface area contributed by atoms with Gasteiger partial charge in [-0.25, -0.2) is 4.98 Å². The van der Waals surface area contributed by atoms with Crippen molar-refractivity contribution in [3.63, 3.8) is 0 Å². The first-order valence-electron chi connectivity index (χ1n) is 5.15. The Morgan fingerprint density at radius 3 is 2.94 bits per heavy atom. The Hall–Kier alpha value is -1.85. The lowest BCUT2D eigenvalue weighted by Gasteiger charge is -2.21. The second-order valence-corrected chi connectivity index (χ2v) is 4.37. The zero-order valence-corrected chi connectivity index (χ0v) is 9.18. The third-order valence-electron chi connectivity index (χ3n) is 3.05. The minimum atomic E-state index is -0.473. The van der Waals surface area contributed by atoms with Crippen LogP contribution in [0.4, 0.5) is 11.8 Å². The van der Waals surface area contributed by atoms with Crippen molar-refractivity contribution in [3.05, 3.63) is 12.3 Å². The molecule has 0 aromatic carbocycles. The van der Waals surface area contributed by atoms with Crippen LogP contribution in [0.5, 0.6) is 0 Å². The van der Waals surface area contributed by atoms with Gasteiger partial charge >= 0.3 is 0 Å². The quantitative estimate of drug-likeness (QED) is 0.718. The molecular formula is C10H15N5O. The highest BCUT2D eigenvalue weighted by Gasteiger charge is 2.39. The monoisotopic (exact) mass is 221 g/mol. The molecule has 1 atom stereocenters. The fourth-order valence-electron chi connectivity index (χ4n) is 1.90. The number of primary amides is 1. The molecule has 1 aromatic heterocycles. The van der Waals surface area contributed by atoms with Crippen LogP contribution in [0.2, 0.25) is 0 Å². The fraction of sp³-hybridized carbons (Fsp3) is 0.500. The summed E-state index contributed by atoms with van der Waals surface area (Å²) in [5.74, 6) is 0.722. The van der Waals surface area contributed by atoms with Crippen LogP contribution in [-0.2, 0) is 4.79 Å². The molecule has 1 unspecified atom stereocenters.